The zero-order valence-corrected chi connectivity index (χ0v) is 11.7. The molecule has 0 saturated carbocycles. The minimum atomic E-state index is -0.257. The molecule has 0 aliphatic carbocycles. The summed E-state index contributed by atoms with van der Waals surface area (Å²) in [7, 11) is 3.01. The standard InChI is InChI=1S/C11H13ClN2O3S/c1-6(15)13-11(18)14-8-5-9(16-2)7(12)4-10(8)17-3/h4-5H,1-3H3,(H2,13,14,15,18). The van der Waals surface area contributed by atoms with Gasteiger partial charge in [0.2, 0.25) is 5.91 Å². The van der Waals surface area contributed by atoms with Crippen LogP contribution in [0.4, 0.5) is 5.69 Å². The van der Waals surface area contributed by atoms with E-state index in [9.17, 15) is 4.79 Å². The van der Waals surface area contributed by atoms with E-state index in [1.165, 1.54) is 21.1 Å². The van der Waals surface area contributed by atoms with Crippen LogP contribution in [0.2, 0.25) is 5.02 Å². The summed E-state index contributed by atoms with van der Waals surface area (Å²) >= 11 is 10.9. The Morgan fingerprint density at radius 3 is 2.39 bits per heavy atom. The molecule has 0 fully saturated rings. The Hall–Kier alpha value is -1.53. The Morgan fingerprint density at radius 1 is 1.28 bits per heavy atom. The van der Waals surface area contributed by atoms with Crippen molar-refractivity contribution in [2.75, 3.05) is 19.5 Å². The van der Waals surface area contributed by atoms with Crippen LogP contribution >= 0.6 is 23.8 Å². The monoisotopic (exact) mass is 288 g/mol. The number of methoxy groups -OCH3 is 2. The van der Waals surface area contributed by atoms with E-state index >= 15 is 0 Å². The molecule has 18 heavy (non-hydrogen) atoms. The second-order valence-electron chi connectivity index (χ2n) is 3.32. The first-order valence-electron chi connectivity index (χ1n) is 4.98. The molecule has 5 nitrogen and oxygen atoms in total. The van der Waals surface area contributed by atoms with Crippen molar-refractivity contribution < 1.29 is 14.3 Å². The molecule has 0 atom stereocenters. The van der Waals surface area contributed by atoms with E-state index in [0.717, 1.165) is 0 Å². The lowest BCUT2D eigenvalue weighted by atomic mass is 10.2. The molecule has 2 N–H and O–H groups in total. The summed E-state index contributed by atoms with van der Waals surface area (Å²) in [5, 5.41) is 5.87. The molecule has 0 saturated heterocycles. The molecule has 0 spiro atoms. The van der Waals surface area contributed by atoms with Crippen LogP contribution in [0.15, 0.2) is 12.1 Å². The molecule has 0 unspecified atom stereocenters. The third-order valence-corrected chi connectivity index (χ3v) is 2.51. The van der Waals surface area contributed by atoms with E-state index in [2.05, 4.69) is 10.6 Å². The quantitative estimate of drug-likeness (QED) is 0.835. The molecule has 1 aromatic carbocycles. The smallest absolute Gasteiger partial charge is 0.222 e. The average Bonchev–Trinajstić information content (AvgIpc) is 2.29. The number of anilines is 1. The lowest BCUT2D eigenvalue weighted by Gasteiger charge is -2.14. The van der Waals surface area contributed by atoms with E-state index in [1.54, 1.807) is 12.1 Å². The number of carbonyl (C=O) groups is 1. The van der Waals surface area contributed by atoms with E-state index < -0.39 is 0 Å². The normalized spacial score (nSPS) is 9.56. The van der Waals surface area contributed by atoms with Gasteiger partial charge in [-0.3, -0.25) is 4.79 Å². The van der Waals surface area contributed by atoms with Gasteiger partial charge in [-0.2, -0.15) is 0 Å². The number of amides is 1. The first-order chi connectivity index (χ1) is 8.47. The van der Waals surface area contributed by atoms with Crippen molar-refractivity contribution in [2.45, 2.75) is 6.92 Å². The summed E-state index contributed by atoms with van der Waals surface area (Å²) in [6.45, 7) is 1.37. The van der Waals surface area contributed by atoms with Crippen molar-refractivity contribution in [2.24, 2.45) is 0 Å². The predicted molar refractivity (Wildman–Crippen MR) is 74.6 cm³/mol. The Morgan fingerprint density at radius 2 is 1.89 bits per heavy atom. The van der Waals surface area contributed by atoms with Gasteiger partial charge in [0.25, 0.3) is 0 Å². The highest BCUT2D eigenvalue weighted by Crippen LogP contribution is 2.35. The maximum atomic E-state index is 10.9. The number of benzene rings is 1. The summed E-state index contributed by atoms with van der Waals surface area (Å²) < 4.78 is 10.2. The van der Waals surface area contributed by atoms with Crippen LogP contribution in [0.25, 0.3) is 0 Å². The summed E-state index contributed by atoms with van der Waals surface area (Å²) in [4.78, 5) is 10.9. The van der Waals surface area contributed by atoms with E-state index in [4.69, 9.17) is 33.3 Å². The highest BCUT2D eigenvalue weighted by molar-refractivity contribution is 7.80. The van der Waals surface area contributed by atoms with Gasteiger partial charge in [-0.25, -0.2) is 0 Å². The topological polar surface area (TPSA) is 59.6 Å². The van der Waals surface area contributed by atoms with Gasteiger partial charge in [-0.05, 0) is 12.2 Å². The predicted octanol–water partition coefficient (Wildman–Crippen LogP) is 2.19. The lowest BCUT2D eigenvalue weighted by molar-refractivity contribution is -0.117. The molecular weight excluding hydrogens is 276 g/mol. The van der Waals surface area contributed by atoms with Gasteiger partial charge in [0.15, 0.2) is 5.11 Å². The molecular formula is C11H13ClN2O3S. The zero-order chi connectivity index (χ0) is 13.7. The van der Waals surface area contributed by atoms with Crippen LogP contribution in [-0.2, 0) is 4.79 Å². The van der Waals surface area contributed by atoms with Gasteiger partial charge >= 0.3 is 0 Å². The lowest BCUT2D eigenvalue weighted by Crippen LogP contribution is -2.32. The Kier molecular flexibility index (Phi) is 5.18. The maximum absolute atomic E-state index is 10.9. The van der Waals surface area contributed by atoms with E-state index in [1.807, 2.05) is 0 Å². The van der Waals surface area contributed by atoms with Crippen LogP contribution < -0.4 is 20.1 Å². The largest absolute Gasteiger partial charge is 0.495 e. The summed E-state index contributed by atoms with van der Waals surface area (Å²) in [6.07, 6.45) is 0. The van der Waals surface area contributed by atoms with E-state index in [0.29, 0.717) is 22.2 Å². The van der Waals surface area contributed by atoms with Crippen LogP contribution in [-0.4, -0.2) is 25.2 Å². The van der Waals surface area contributed by atoms with Crippen LogP contribution in [0.3, 0.4) is 0 Å². The average molecular weight is 289 g/mol. The molecule has 1 amide bonds. The van der Waals surface area contributed by atoms with Crippen LogP contribution in [0.5, 0.6) is 11.5 Å². The number of halogens is 1. The van der Waals surface area contributed by atoms with Crippen LogP contribution in [0, 0.1) is 0 Å². The third-order valence-electron chi connectivity index (χ3n) is 2.01. The molecule has 0 radical (unpaired) electrons. The molecule has 0 aliphatic rings. The Bertz CT molecular complexity index is 480. The van der Waals surface area contributed by atoms with Crippen LogP contribution in [0.1, 0.15) is 6.92 Å². The molecule has 7 heteroatoms. The van der Waals surface area contributed by atoms with Crippen molar-refractivity contribution in [3.63, 3.8) is 0 Å². The molecule has 0 aromatic heterocycles. The number of hydrogen-bond donors (Lipinski definition) is 2. The number of ether oxygens (including phenoxy) is 2. The van der Waals surface area contributed by atoms with Gasteiger partial charge in [0.1, 0.15) is 11.5 Å². The number of nitrogens with one attached hydrogen (secondary N) is 2. The summed E-state index contributed by atoms with van der Waals surface area (Å²) in [5.41, 5.74) is 0.553. The Labute approximate surface area is 115 Å². The highest BCUT2D eigenvalue weighted by Gasteiger charge is 2.11. The Balaban J connectivity index is 2.99. The maximum Gasteiger partial charge on any atom is 0.222 e. The fourth-order valence-corrected chi connectivity index (χ4v) is 1.76. The van der Waals surface area contributed by atoms with Crippen molar-refractivity contribution >= 4 is 40.5 Å². The van der Waals surface area contributed by atoms with Crippen molar-refractivity contribution in [3.05, 3.63) is 17.2 Å². The van der Waals surface area contributed by atoms with Gasteiger partial charge in [0.05, 0.1) is 24.9 Å². The molecule has 0 aliphatic heterocycles. The van der Waals surface area contributed by atoms with E-state index in [-0.39, 0.29) is 11.0 Å². The third kappa shape index (κ3) is 3.75. The summed E-state index contributed by atoms with van der Waals surface area (Å²) in [5.74, 6) is 0.714. The molecule has 98 valence electrons. The first kappa shape index (κ1) is 14.5. The zero-order valence-electron chi connectivity index (χ0n) is 10.2. The van der Waals surface area contributed by atoms with Crippen molar-refractivity contribution in [3.8, 4) is 11.5 Å². The molecule has 1 aromatic rings. The van der Waals surface area contributed by atoms with Crippen molar-refractivity contribution in [1.82, 2.24) is 5.32 Å². The number of thiocarbonyl (C=S) groups is 1. The second kappa shape index (κ2) is 6.42. The van der Waals surface area contributed by atoms with Gasteiger partial charge in [-0.15, -0.1) is 0 Å². The number of rotatable bonds is 3. The molecule has 0 heterocycles. The first-order valence-corrected chi connectivity index (χ1v) is 5.76. The second-order valence-corrected chi connectivity index (χ2v) is 4.14. The number of carbonyl (C=O) groups excluding carboxylic acids is 1. The van der Waals surface area contributed by atoms with Gasteiger partial charge in [0, 0.05) is 19.1 Å². The molecule has 1 rings (SSSR count). The number of hydrogen-bond acceptors (Lipinski definition) is 4. The molecule has 0 bridgehead atoms. The minimum Gasteiger partial charge on any atom is -0.495 e. The highest BCUT2D eigenvalue weighted by atomic mass is 35.5. The van der Waals surface area contributed by atoms with Crippen molar-refractivity contribution in [1.29, 1.82) is 0 Å². The SMILES string of the molecule is COc1cc(NC(=S)NC(C)=O)c(OC)cc1Cl. The summed E-state index contributed by atoms with van der Waals surface area (Å²) in [6, 6.07) is 3.23. The fraction of sp³-hybridized carbons (Fsp3) is 0.273. The van der Waals surface area contributed by atoms with Gasteiger partial charge in [-0.1, -0.05) is 11.6 Å². The minimum absolute atomic E-state index is 0.171. The van der Waals surface area contributed by atoms with Gasteiger partial charge < -0.3 is 20.1 Å². The fourth-order valence-electron chi connectivity index (χ4n) is 1.27.